The van der Waals surface area contributed by atoms with E-state index in [1.165, 1.54) is 18.2 Å². The Morgan fingerprint density at radius 1 is 1.41 bits per heavy atom. The molecule has 1 heterocycles. The third-order valence-corrected chi connectivity index (χ3v) is 5.54. The summed E-state index contributed by atoms with van der Waals surface area (Å²) in [5, 5.41) is 2.56. The van der Waals surface area contributed by atoms with Gasteiger partial charge in [0.05, 0.1) is 0 Å². The standard InChI is InChI=1S/C14H12ClF3N2OS/c15-9-3-4-11-10(5-9)13(14(16,17)18,7-19-12(21)20-11)22-6-8-1-2-8/h3-5,7-8H,1-2,6H2,(H,20,21)/t13-/m0/s1. The van der Waals surface area contributed by atoms with Gasteiger partial charge in [-0.3, -0.25) is 0 Å². The molecule has 1 atom stereocenters. The summed E-state index contributed by atoms with van der Waals surface area (Å²) >= 11 is 6.65. The van der Waals surface area contributed by atoms with E-state index in [2.05, 4.69) is 10.3 Å². The van der Waals surface area contributed by atoms with Gasteiger partial charge in [0.2, 0.25) is 0 Å². The van der Waals surface area contributed by atoms with E-state index in [1.807, 2.05) is 0 Å². The van der Waals surface area contributed by atoms with Crippen LogP contribution in [0.3, 0.4) is 0 Å². The van der Waals surface area contributed by atoms with Gasteiger partial charge in [-0.2, -0.15) is 13.2 Å². The third kappa shape index (κ3) is 2.84. The molecule has 1 saturated carbocycles. The molecule has 1 aliphatic carbocycles. The number of fused-ring (bicyclic) bond motifs is 1. The number of carbonyl (C=O) groups excluding carboxylic acids is 1. The van der Waals surface area contributed by atoms with Crippen LogP contribution in [0.4, 0.5) is 23.7 Å². The van der Waals surface area contributed by atoms with Crippen molar-refractivity contribution in [2.75, 3.05) is 11.1 Å². The van der Waals surface area contributed by atoms with Crippen LogP contribution in [0.2, 0.25) is 5.02 Å². The van der Waals surface area contributed by atoms with Crippen molar-refractivity contribution in [2.24, 2.45) is 10.9 Å². The number of urea groups is 1. The first-order valence-corrected chi connectivity index (χ1v) is 8.05. The molecule has 118 valence electrons. The number of hydrogen-bond acceptors (Lipinski definition) is 2. The molecule has 0 aromatic heterocycles. The first-order chi connectivity index (χ1) is 10.3. The quantitative estimate of drug-likeness (QED) is 0.847. The van der Waals surface area contributed by atoms with Gasteiger partial charge >= 0.3 is 12.2 Å². The molecule has 1 aliphatic heterocycles. The topological polar surface area (TPSA) is 41.5 Å². The van der Waals surface area contributed by atoms with E-state index in [9.17, 15) is 18.0 Å². The number of aliphatic imine (C=N–C) groups is 1. The fraction of sp³-hybridized carbons (Fsp3) is 0.429. The van der Waals surface area contributed by atoms with Crippen LogP contribution in [0.5, 0.6) is 0 Å². The highest BCUT2D eigenvalue weighted by Crippen LogP contribution is 2.53. The van der Waals surface area contributed by atoms with Gasteiger partial charge in [0.25, 0.3) is 0 Å². The smallest absolute Gasteiger partial charge is 0.306 e. The van der Waals surface area contributed by atoms with Crippen LogP contribution in [0.15, 0.2) is 23.2 Å². The maximum absolute atomic E-state index is 13.9. The van der Waals surface area contributed by atoms with Crippen LogP contribution in [0, 0.1) is 5.92 Å². The van der Waals surface area contributed by atoms with E-state index < -0.39 is 17.0 Å². The number of thioether (sulfide) groups is 1. The molecular weight excluding hydrogens is 337 g/mol. The monoisotopic (exact) mass is 348 g/mol. The molecule has 0 unspecified atom stereocenters. The number of nitrogens with one attached hydrogen (secondary N) is 1. The summed E-state index contributed by atoms with van der Waals surface area (Å²) in [7, 11) is 0. The van der Waals surface area contributed by atoms with E-state index in [0.29, 0.717) is 17.9 Å². The van der Waals surface area contributed by atoms with E-state index >= 15 is 0 Å². The highest BCUT2D eigenvalue weighted by atomic mass is 35.5. The number of amides is 2. The molecule has 2 amide bonds. The number of anilines is 1. The van der Waals surface area contributed by atoms with E-state index in [0.717, 1.165) is 24.6 Å². The average Bonchev–Trinajstić information content (AvgIpc) is 3.24. The lowest BCUT2D eigenvalue weighted by molar-refractivity contribution is -0.143. The Morgan fingerprint density at radius 2 is 2.14 bits per heavy atom. The second kappa shape index (κ2) is 5.45. The maximum atomic E-state index is 13.9. The Kier molecular flexibility index (Phi) is 3.89. The van der Waals surface area contributed by atoms with Crippen LogP contribution in [-0.2, 0) is 4.75 Å². The summed E-state index contributed by atoms with van der Waals surface area (Å²) in [6, 6.07) is 3.25. The number of halogens is 4. The summed E-state index contributed by atoms with van der Waals surface area (Å²) in [4.78, 5) is 15.0. The largest absolute Gasteiger partial charge is 0.412 e. The van der Waals surface area contributed by atoms with Crippen molar-refractivity contribution >= 4 is 41.3 Å². The highest BCUT2D eigenvalue weighted by Gasteiger charge is 2.58. The van der Waals surface area contributed by atoms with Crippen LogP contribution >= 0.6 is 23.4 Å². The second-order valence-corrected chi connectivity index (χ2v) is 7.07. The second-order valence-electron chi connectivity index (χ2n) is 5.37. The fourth-order valence-electron chi connectivity index (χ4n) is 2.26. The molecule has 0 radical (unpaired) electrons. The lowest BCUT2D eigenvalue weighted by Gasteiger charge is -2.32. The van der Waals surface area contributed by atoms with Crippen molar-refractivity contribution in [3.05, 3.63) is 28.8 Å². The summed E-state index contributed by atoms with van der Waals surface area (Å²) < 4.78 is 39.3. The number of benzene rings is 1. The molecule has 0 bridgehead atoms. The van der Waals surface area contributed by atoms with Crippen molar-refractivity contribution in [3.63, 3.8) is 0 Å². The Labute approximate surface area is 134 Å². The third-order valence-electron chi connectivity index (χ3n) is 3.65. The first kappa shape index (κ1) is 15.7. The van der Waals surface area contributed by atoms with Gasteiger partial charge in [0.15, 0.2) is 4.75 Å². The number of carbonyl (C=O) groups is 1. The number of alkyl halides is 3. The minimum Gasteiger partial charge on any atom is -0.306 e. The lowest BCUT2D eigenvalue weighted by Crippen LogP contribution is -2.41. The van der Waals surface area contributed by atoms with Crippen LogP contribution in [0.1, 0.15) is 18.4 Å². The van der Waals surface area contributed by atoms with Crippen molar-refractivity contribution < 1.29 is 18.0 Å². The Balaban J connectivity index is 2.14. The van der Waals surface area contributed by atoms with Crippen molar-refractivity contribution in [1.29, 1.82) is 0 Å². The van der Waals surface area contributed by atoms with Crippen LogP contribution in [0.25, 0.3) is 0 Å². The Morgan fingerprint density at radius 3 is 2.77 bits per heavy atom. The number of rotatable bonds is 3. The zero-order valence-electron chi connectivity index (χ0n) is 11.3. The molecule has 22 heavy (non-hydrogen) atoms. The highest BCUT2D eigenvalue weighted by molar-refractivity contribution is 8.01. The van der Waals surface area contributed by atoms with E-state index in [1.54, 1.807) is 0 Å². The fourth-order valence-corrected chi connectivity index (χ4v) is 3.88. The summed E-state index contributed by atoms with van der Waals surface area (Å²) in [5.41, 5.74) is 0.0141. The normalized spacial score (nSPS) is 24.6. The molecule has 1 aromatic carbocycles. The van der Waals surface area contributed by atoms with Crippen LogP contribution < -0.4 is 5.32 Å². The molecule has 1 fully saturated rings. The minimum absolute atomic E-state index is 0.0762. The van der Waals surface area contributed by atoms with Gasteiger partial charge in [-0.05, 0) is 42.7 Å². The summed E-state index contributed by atoms with van der Waals surface area (Å²) in [6.07, 6.45) is -2.01. The minimum atomic E-state index is -4.60. The molecule has 3 rings (SSSR count). The van der Waals surface area contributed by atoms with Gasteiger partial charge in [0, 0.05) is 22.5 Å². The van der Waals surface area contributed by atoms with Crippen molar-refractivity contribution in [2.45, 2.75) is 23.8 Å². The van der Waals surface area contributed by atoms with Crippen LogP contribution in [-0.4, -0.2) is 24.2 Å². The van der Waals surface area contributed by atoms with E-state index in [-0.39, 0.29) is 16.3 Å². The first-order valence-electron chi connectivity index (χ1n) is 6.69. The molecule has 0 saturated heterocycles. The predicted octanol–water partition coefficient (Wildman–Crippen LogP) is 4.86. The summed E-state index contributed by atoms with van der Waals surface area (Å²) in [6.45, 7) is 0. The van der Waals surface area contributed by atoms with Crippen molar-refractivity contribution in [1.82, 2.24) is 0 Å². The Hall–Kier alpha value is -1.21. The molecule has 2 aliphatic rings. The molecule has 1 aromatic rings. The molecule has 1 N–H and O–H groups in total. The van der Waals surface area contributed by atoms with Gasteiger partial charge < -0.3 is 5.32 Å². The van der Waals surface area contributed by atoms with Gasteiger partial charge in [-0.25, -0.2) is 9.79 Å². The SMILES string of the molecule is O=C1N=C[C@@](SCC2CC2)(C(F)(F)F)c2cc(Cl)ccc2N1. The summed E-state index contributed by atoms with van der Waals surface area (Å²) in [5.74, 6) is 0.665. The van der Waals surface area contributed by atoms with Gasteiger partial charge in [-0.15, -0.1) is 11.8 Å². The zero-order valence-corrected chi connectivity index (χ0v) is 12.9. The van der Waals surface area contributed by atoms with Crippen molar-refractivity contribution in [3.8, 4) is 0 Å². The zero-order chi connectivity index (χ0) is 16.0. The number of nitrogens with zero attached hydrogens (tertiary/aromatic N) is 1. The average molecular weight is 349 g/mol. The predicted molar refractivity (Wildman–Crippen MR) is 81.9 cm³/mol. The van der Waals surface area contributed by atoms with Gasteiger partial charge in [-0.1, -0.05) is 11.6 Å². The van der Waals surface area contributed by atoms with Gasteiger partial charge in [0.1, 0.15) is 0 Å². The maximum Gasteiger partial charge on any atom is 0.412 e. The van der Waals surface area contributed by atoms with E-state index in [4.69, 9.17) is 11.6 Å². The molecular formula is C14H12ClF3N2OS. The lowest BCUT2D eigenvalue weighted by atomic mass is 9.96. The molecule has 3 nitrogen and oxygen atoms in total. The molecule has 0 spiro atoms. The molecule has 8 heteroatoms. The Bertz CT molecular complexity index is 645. The number of hydrogen-bond donors (Lipinski definition) is 1.